The molecule has 1 radical (unpaired) electrons. The molecule has 0 heterocycles. The Morgan fingerprint density at radius 2 is 2.10 bits per heavy atom. The number of carboxylic acids is 1. The van der Waals surface area contributed by atoms with Crippen LogP contribution in [0.2, 0.25) is 0 Å². The fourth-order valence-electron chi connectivity index (χ4n) is 1.13. The van der Waals surface area contributed by atoms with Gasteiger partial charge in [-0.1, -0.05) is 27.7 Å². The second-order valence-electron chi connectivity index (χ2n) is 3.68. The molecule has 1 aromatic rings. The molecule has 0 unspecified atom stereocenters. The first-order chi connectivity index (χ1) is 9.47. The Kier molecular flexibility index (Phi) is 14.9. The molecule has 0 aliphatic carbocycles. The van der Waals surface area contributed by atoms with Crippen LogP contribution in [0.1, 0.15) is 12.5 Å². The van der Waals surface area contributed by atoms with E-state index in [4.69, 9.17) is 15.0 Å². The van der Waals surface area contributed by atoms with Crippen molar-refractivity contribution < 1.29 is 37.2 Å². The number of aliphatic hydroxyl groups is 1. The molecule has 0 saturated carbocycles. The van der Waals surface area contributed by atoms with Crippen LogP contribution in [0.4, 0.5) is 0 Å². The maximum atomic E-state index is 11.4. The monoisotopic (exact) mass is 407 g/mol. The molecule has 1 rings (SSSR count). The van der Waals surface area contributed by atoms with Crippen molar-refractivity contribution in [2.24, 2.45) is 4.99 Å². The first kappa shape index (κ1) is 22.4. The van der Waals surface area contributed by atoms with Crippen LogP contribution < -0.4 is 15.5 Å². The second kappa shape index (κ2) is 14.0. The minimum absolute atomic E-state index is 0. The summed E-state index contributed by atoms with van der Waals surface area (Å²) < 4.78 is 0.868. The van der Waals surface area contributed by atoms with Crippen LogP contribution in [-0.2, 0) is 21.9 Å². The molecule has 0 spiro atoms. The number of nitrogens with one attached hydrogen (secondary N) is 1. The van der Waals surface area contributed by atoms with Crippen molar-refractivity contribution in [3.8, 4) is 5.75 Å². The Labute approximate surface area is 142 Å². The van der Waals surface area contributed by atoms with Gasteiger partial charge < -0.3 is 25.4 Å². The van der Waals surface area contributed by atoms with Crippen LogP contribution in [0.5, 0.6) is 5.75 Å². The first-order valence-corrected chi connectivity index (χ1v) is 6.72. The zero-order chi connectivity index (χ0) is 15.4. The number of nitrogens with zero attached hydrogens (tertiary/aromatic N) is 1. The van der Waals surface area contributed by atoms with Crippen molar-refractivity contribution in [3.63, 3.8) is 0 Å². The van der Waals surface area contributed by atoms with Gasteiger partial charge in [0.25, 0.3) is 0 Å². The molecule has 0 fully saturated rings. The quantitative estimate of drug-likeness (QED) is 0.367. The normalized spacial score (nSPS) is 9.67. The number of aliphatic carboxylic acids is 1. The van der Waals surface area contributed by atoms with Gasteiger partial charge in [-0.15, -0.1) is 0 Å². The summed E-state index contributed by atoms with van der Waals surface area (Å²) in [4.78, 5) is 13.0. The fourth-order valence-corrected chi connectivity index (χ4v) is 1.51. The molecule has 0 atom stereocenters. The van der Waals surface area contributed by atoms with Crippen LogP contribution in [0.25, 0.3) is 0 Å². The van der Waals surface area contributed by atoms with E-state index in [1.54, 1.807) is 18.3 Å². The molecule has 0 amide bonds. The van der Waals surface area contributed by atoms with Crippen molar-refractivity contribution in [1.29, 1.82) is 0 Å². The van der Waals surface area contributed by atoms with E-state index in [9.17, 15) is 5.11 Å². The average molecular weight is 409 g/mol. The standard InChI is InChI=1S/C11H15BrN2O2.C2H4O2.Cu/c12-10-1-2-11(16)9(7-10)8-14-4-3-13-5-6-15;1-2(3)4;/h1-2,7-8,13,15-16H,3-6H2;1H3,(H,3,4);/q;;+2/p-2. The number of hydrogen-bond acceptors (Lipinski definition) is 6. The van der Waals surface area contributed by atoms with Crippen LogP contribution in [0.15, 0.2) is 27.7 Å². The van der Waals surface area contributed by atoms with E-state index in [-0.39, 0.29) is 29.4 Å². The first-order valence-electron chi connectivity index (χ1n) is 5.93. The Morgan fingerprint density at radius 3 is 2.67 bits per heavy atom. The number of carboxylic acid groups (broad SMARTS) is 1. The van der Waals surface area contributed by atoms with E-state index in [0.29, 0.717) is 25.2 Å². The van der Waals surface area contributed by atoms with Crippen molar-refractivity contribution in [1.82, 2.24) is 5.32 Å². The summed E-state index contributed by atoms with van der Waals surface area (Å²) in [7, 11) is 0. The molecule has 2 N–H and O–H groups in total. The van der Waals surface area contributed by atoms with Crippen LogP contribution >= 0.6 is 15.9 Å². The molecule has 1 aromatic carbocycles. The second-order valence-corrected chi connectivity index (χ2v) is 4.60. The summed E-state index contributed by atoms with van der Waals surface area (Å²) in [6.07, 6.45) is 1.58. The van der Waals surface area contributed by atoms with Crippen LogP contribution in [-0.4, -0.2) is 43.5 Å². The Balaban J connectivity index is 0. The van der Waals surface area contributed by atoms with E-state index < -0.39 is 5.97 Å². The van der Waals surface area contributed by atoms with Gasteiger partial charge in [0.1, 0.15) is 0 Å². The Hall–Kier alpha value is -0.921. The van der Waals surface area contributed by atoms with E-state index >= 15 is 0 Å². The Morgan fingerprint density at radius 1 is 1.48 bits per heavy atom. The average Bonchev–Trinajstić information content (AvgIpc) is 2.37. The van der Waals surface area contributed by atoms with Gasteiger partial charge in [0.05, 0.1) is 13.2 Å². The fraction of sp³-hybridized carbons (Fsp3) is 0.385. The number of aliphatic imine (C=N–C) groups is 1. The largest absolute Gasteiger partial charge is 2.00 e. The molecule has 6 nitrogen and oxygen atoms in total. The minimum atomic E-state index is -1.08. The molecule has 0 bridgehead atoms. The van der Waals surface area contributed by atoms with E-state index in [2.05, 4.69) is 26.2 Å². The van der Waals surface area contributed by atoms with Crippen molar-refractivity contribution in [2.75, 3.05) is 26.2 Å². The predicted molar refractivity (Wildman–Crippen MR) is 76.7 cm³/mol. The molecule has 0 saturated heterocycles. The Bertz CT molecular complexity index is 440. The molecule has 0 aromatic heterocycles. The maximum Gasteiger partial charge on any atom is 2.00 e. The van der Waals surface area contributed by atoms with Gasteiger partial charge in [-0.2, -0.15) is 0 Å². The van der Waals surface area contributed by atoms with Gasteiger partial charge in [-0.05, 0) is 24.6 Å². The van der Waals surface area contributed by atoms with E-state index in [1.165, 1.54) is 6.07 Å². The van der Waals surface area contributed by atoms with Gasteiger partial charge in [-0.3, -0.25) is 4.99 Å². The number of carbonyl (C=O) groups excluding carboxylic acids is 1. The van der Waals surface area contributed by atoms with Gasteiger partial charge in [0.15, 0.2) is 0 Å². The van der Waals surface area contributed by atoms with E-state index in [1.807, 2.05) is 0 Å². The summed E-state index contributed by atoms with van der Waals surface area (Å²) in [5.74, 6) is -1.12. The third kappa shape index (κ3) is 13.8. The number of aliphatic hydroxyl groups excluding tert-OH is 1. The van der Waals surface area contributed by atoms with Crippen LogP contribution in [0.3, 0.4) is 0 Å². The summed E-state index contributed by atoms with van der Waals surface area (Å²) in [6.45, 7) is 2.95. The number of halogens is 1. The zero-order valence-corrected chi connectivity index (χ0v) is 14.0. The summed E-state index contributed by atoms with van der Waals surface area (Å²) in [5, 5.41) is 31.8. The number of carbonyl (C=O) groups is 1. The molecular weight excluding hydrogens is 392 g/mol. The van der Waals surface area contributed by atoms with Crippen LogP contribution in [0, 0.1) is 0 Å². The molecular formula is C13H17BrCuN2O4. The summed E-state index contributed by atoms with van der Waals surface area (Å²) >= 11 is 3.30. The summed E-state index contributed by atoms with van der Waals surface area (Å²) in [5.41, 5.74) is 0.580. The number of hydrogen-bond donors (Lipinski definition) is 2. The smallest absolute Gasteiger partial charge is 0.872 e. The van der Waals surface area contributed by atoms with Gasteiger partial charge >= 0.3 is 17.1 Å². The minimum Gasteiger partial charge on any atom is -0.872 e. The predicted octanol–water partition coefficient (Wildman–Crippen LogP) is -0.723. The third-order valence-corrected chi connectivity index (χ3v) is 2.40. The summed E-state index contributed by atoms with van der Waals surface area (Å²) in [6, 6.07) is 4.96. The molecule has 0 aliphatic heterocycles. The number of rotatable bonds is 6. The van der Waals surface area contributed by atoms with Crippen molar-refractivity contribution in [2.45, 2.75) is 6.92 Å². The molecule has 0 aliphatic rings. The van der Waals surface area contributed by atoms with E-state index in [0.717, 1.165) is 11.4 Å². The molecule has 21 heavy (non-hydrogen) atoms. The van der Waals surface area contributed by atoms with Gasteiger partial charge in [0, 0.05) is 29.7 Å². The molecule has 8 heteroatoms. The topological polar surface area (TPSA) is 108 Å². The zero-order valence-electron chi connectivity index (χ0n) is 11.4. The van der Waals surface area contributed by atoms with Crippen molar-refractivity contribution >= 4 is 28.1 Å². The third-order valence-electron chi connectivity index (χ3n) is 1.91. The molecule has 121 valence electrons. The van der Waals surface area contributed by atoms with Gasteiger partial charge in [-0.25, -0.2) is 0 Å². The van der Waals surface area contributed by atoms with Gasteiger partial charge in [0.2, 0.25) is 0 Å². The SMILES string of the molecule is CC(=O)[O-].[Cu+2].[O-]c1ccc(Br)cc1C=NCCNCCO. The maximum absolute atomic E-state index is 11.4. The number of benzene rings is 1. The van der Waals surface area contributed by atoms with Crippen molar-refractivity contribution in [3.05, 3.63) is 28.2 Å².